The first-order chi connectivity index (χ1) is 7.51. The van der Waals surface area contributed by atoms with Crippen LogP contribution in [0.4, 0.5) is 0 Å². The van der Waals surface area contributed by atoms with Gasteiger partial charge in [-0.3, -0.25) is 14.6 Å². The molecule has 4 heteroatoms. The van der Waals surface area contributed by atoms with Crippen molar-refractivity contribution in [2.45, 2.75) is 32.8 Å². The Hall–Kier alpha value is -1.42. The van der Waals surface area contributed by atoms with Gasteiger partial charge in [-0.05, 0) is 32.9 Å². The quantitative estimate of drug-likeness (QED) is 0.563. The van der Waals surface area contributed by atoms with E-state index in [1.807, 2.05) is 39.0 Å². The average molecular weight is 222 g/mol. The van der Waals surface area contributed by atoms with Gasteiger partial charge in [0.05, 0.1) is 12.1 Å². The molecule has 0 bridgehead atoms. The van der Waals surface area contributed by atoms with Gasteiger partial charge in [0.2, 0.25) is 6.41 Å². The third-order valence-corrected chi connectivity index (χ3v) is 1.82. The molecule has 0 aliphatic heterocycles. The molecule has 0 aliphatic rings. The van der Waals surface area contributed by atoms with Crippen LogP contribution in [0.1, 0.15) is 26.5 Å². The van der Waals surface area contributed by atoms with Crippen LogP contribution in [0.25, 0.3) is 0 Å². The van der Waals surface area contributed by atoms with E-state index < -0.39 is 0 Å². The van der Waals surface area contributed by atoms with E-state index in [9.17, 15) is 4.79 Å². The number of carbonyl (C=O) groups excluding carboxylic acids is 1. The lowest BCUT2D eigenvalue weighted by atomic mass is 10.2. The molecule has 1 rings (SSSR count). The Morgan fingerprint density at radius 3 is 2.69 bits per heavy atom. The van der Waals surface area contributed by atoms with Crippen LogP contribution in [0.3, 0.4) is 0 Å². The summed E-state index contributed by atoms with van der Waals surface area (Å²) in [6, 6.07) is 5.73. The van der Waals surface area contributed by atoms with Crippen molar-refractivity contribution in [2.75, 3.05) is 6.54 Å². The summed E-state index contributed by atoms with van der Waals surface area (Å²) < 4.78 is 0. The first-order valence-corrected chi connectivity index (χ1v) is 5.32. The summed E-state index contributed by atoms with van der Waals surface area (Å²) in [5.74, 6) is 0. The van der Waals surface area contributed by atoms with Crippen molar-refractivity contribution in [1.82, 2.24) is 10.0 Å². The molecule has 0 N–H and O–H groups in total. The first-order valence-electron chi connectivity index (χ1n) is 5.32. The number of amides is 1. The van der Waals surface area contributed by atoms with Crippen LogP contribution in [-0.4, -0.2) is 28.6 Å². The summed E-state index contributed by atoms with van der Waals surface area (Å²) in [7, 11) is 0. The molecule has 1 aromatic rings. The molecule has 0 saturated heterocycles. The van der Waals surface area contributed by atoms with Gasteiger partial charge in [0.1, 0.15) is 0 Å². The van der Waals surface area contributed by atoms with Gasteiger partial charge >= 0.3 is 0 Å². The van der Waals surface area contributed by atoms with Crippen molar-refractivity contribution < 1.29 is 9.63 Å². The number of hydrogen-bond donors (Lipinski definition) is 0. The summed E-state index contributed by atoms with van der Waals surface area (Å²) in [6.45, 7) is 6.23. The fourth-order valence-electron chi connectivity index (χ4n) is 1.24. The van der Waals surface area contributed by atoms with Gasteiger partial charge in [-0.1, -0.05) is 6.07 Å². The van der Waals surface area contributed by atoms with Crippen LogP contribution in [0.5, 0.6) is 0 Å². The maximum atomic E-state index is 10.8. The second-order valence-electron chi connectivity index (χ2n) is 4.52. The molecule has 0 radical (unpaired) electrons. The normalized spacial score (nSPS) is 11.2. The van der Waals surface area contributed by atoms with E-state index in [4.69, 9.17) is 4.84 Å². The summed E-state index contributed by atoms with van der Waals surface area (Å²) in [5, 5.41) is 1.31. The van der Waals surface area contributed by atoms with E-state index in [2.05, 4.69) is 4.98 Å². The van der Waals surface area contributed by atoms with E-state index in [1.165, 1.54) is 5.06 Å². The largest absolute Gasteiger partial charge is 0.276 e. The zero-order valence-corrected chi connectivity index (χ0v) is 10.0. The molecule has 1 aromatic heterocycles. The number of hydroxylamine groups is 2. The summed E-state index contributed by atoms with van der Waals surface area (Å²) in [6.07, 6.45) is 3.13. The third kappa shape index (κ3) is 4.89. The SMILES string of the molecule is CC(C)(C)ON(C=O)CCc1ccccn1. The van der Waals surface area contributed by atoms with Crippen molar-refractivity contribution in [3.05, 3.63) is 30.1 Å². The number of pyridine rings is 1. The van der Waals surface area contributed by atoms with Crippen LogP contribution in [0, 0.1) is 0 Å². The maximum Gasteiger partial charge on any atom is 0.233 e. The van der Waals surface area contributed by atoms with Crippen LogP contribution in [0.15, 0.2) is 24.4 Å². The highest BCUT2D eigenvalue weighted by Gasteiger charge is 2.15. The summed E-state index contributed by atoms with van der Waals surface area (Å²) >= 11 is 0. The van der Waals surface area contributed by atoms with Crippen molar-refractivity contribution in [3.63, 3.8) is 0 Å². The van der Waals surface area contributed by atoms with Gasteiger partial charge in [0, 0.05) is 18.3 Å². The Bertz CT molecular complexity index is 320. The minimum Gasteiger partial charge on any atom is -0.276 e. The number of aromatic nitrogens is 1. The topological polar surface area (TPSA) is 42.4 Å². The molecule has 0 aliphatic carbocycles. The van der Waals surface area contributed by atoms with Crippen molar-refractivity contribution in [2.24, 2.45) is 0 Å². The third-order valence-electron chi connectivity index (χ3n) is 1.82. The number of carbonyl (C=O) groups is 1. The lowest BCUT2D eigenvalue weighted by molar-refractivity contribution is -0.215. The van der Waals surface area contributed by atoms with Gasteiger partial charge in [-0.25, -0.2) is 5.06 Å². The second-order valence-corrected chi connectivity index (χ2v) is 4.52. The number of hydrogen-bond acceptors (Lipinski definition) is 3. The summed E-state index contributed by atoms with van der Waals surface area (Å²) in [4.78, 5) is 20.4. The number of nitrogens with zero attached hydrogens (tertiary/aromatic N) is 2. The van der Waals surface area contributed by atoms with Crippen molar-refractivity contribution in [1.29, 1.82) is 0 Å². The molecule has 4 nitrogen and oxygen atoms in total. The maximum absolute atomic E-state index is 10.8. The highest BCUT2D eigenvalue weighted by molar-refractivity contribution is 5.45. The van der Waals surface area contributed by atoms with E-state index in [1.54, 1.807) is 6.20 Å². The molecule has 1 heterocycles. The Balaban J connectivity index is 2.43. The average Bonchev–Trinajstić information content (AvgIpc) is 2.24. The smallest absolute Gasteiger partial charge is 0.233 e. The first kappa shape index (κ1) is 12.6. The molecule has 16 heavy (non-hydrogen) atoms. The zero-order valence-electron chi connectivity index (χ0n) is 10.0. The van der Waals surface area contributed by atoms with E-state index >= 15 is 0 Å². The van der Waals surface area contributed by atoms with Crippen LogP contribution >= 0.6 is 0 Å². The molecule has 0 unspecified atom stereocenters. The van der Waals surface area contributed by atoms with E-state index in [-0.39, 0.29) is 5.60 Å². The second kappa shape index (κ2) is 5.61. The lowest BCUT2D eigenvalue weighted by Crippen LogP contribution is -2.34. The minimum absolute atomic E-state index is 0.356. The predicted molar refractivity (Wildman–Crippen MR) is 61.5 cm³/mol. The highest BCUT2D eigenvalue weighted by atomic mass is 16.7. The zero-order chi connectivity index (χ0) is 12.0. The van der Waals surface area contributed by atoms with Gasteiger partial charge in [-0.15, -0.1) is 0 Å². The Morgan fingerprint density at radius 1 is 1.44 bits per heavy atom. The van der Waals surface area contributed by atoms with Crippen molar-refractivity contribution in [3.8, 4) is 0 Å². The Labute approximate surface area is 96.2 Å². The van der Waals surface area contributed by atoms with Gasteiger partial charge in [0.15, 0.2) is 0 Å². The molecular formula is C12H18N2O2. The van der Waals surface area contributed by atoms with Crippen molar-refractivity contribution >= 4 is 6.41 Å². The highest BCUT2D eigenvalue weighted by Crippen LogP contribution is 2.09. The van der Waals surface area contributed by atoms with Gasteiger partial charge in [0.25, 0.3) is 0 Å². The van der Waals surface area contributed by atoms with Crippen LogP contribution in [-0.2, 0) is 16.1 Å². The fourth-order valence-corrected chi connectivity index (χ4v) is 1.24. The fraction of sp³-hybridized carbons (Fsp3) is 0.500. The van der Waals surface area contributed by atoms with Gasteiger partial charge in [-0.2, -0.15) is 0 Å². The lowest BCUT2D eigenvalue weighted by Gasteiger charge is -2.26. The molecule has 1 amide bonds. The van der Waals surface area contributed by atoms with Crippen LogP contribution in [0.2, 0.25) is 0 Å². The molecule has 0 fully saturated rings. The van der Waals surface area contributed by atoms with Gasteiger partial charge < -0.3 is 0 Å². The molecule has 88 valence electrons. The Morgan fingerprint density at radius 2 is 2.19 bits per heavy atom. The van der Waals surface area contributed by atoms with Crippen LogP contribution < -0.4 is 0 Å². The molecule has 0 spiro atoms. The number of rotatable bonds is 5. The van der Waals surface area contributed by atoms with E-state index in [0.717, 1.165) is 5.69 Å². The molecule has 0 saturated carbocycles. The van der Waals surface area contributed by atoms with E-state index in [0.29, 0.717) is 19.4 Å². The monoisotopic (exact) mass is 222 g/mol. The molecular weight excluding hydrogens is 204 g/mol. The Kier molecular flexibility index (Phi) is 4.43. The summed E-state index contributed by atoms with van der Waals surface area (Å²) in [5.41, 5.74) is 0.595. The molecule has 0 aromatic carbocycles. The molecule has 0 atom stereocenters. The predicted octanol–water partition coefficient (Wildman–Crippen LogP) is 1.81. The minimum atomic E-state index is -0.356. The standard InChI is InChI=1S/C12H18N2O2/c1-12(2,3)16-14(10-15)9-7-11-6-4-5-8-13-11/h4-6,8,10H,7,9H2,1-3H3.